The molecule has 8 nitrogen and oxygen atoms in total. The van der Waals surface area contributed by atoms with Crippen LogP contribution < -0.4 is 24.2 Å². The van der Waals surface area contributed by atoms with Crippen LogP contribution in [0.4, 0.5) is 11.4 Å². The number of hydrogen-bond donors (Lipinski definition) is 2. The third kappa shape index (κ3) is 6.66. The molecule has 3 rings (SSSR count). The number of anilines is 2. The van der Waals surface area contributed by atoms with Gasteiger partial charge in [0.15, 0.2) is 6.61 Å². The summed E-state index contributed by atoms with van der Waals surface area (Å²) in [5.74, 6) is 1.12. The second-order valence-corrected chi connectivity index (χ2v) is 10.5. The maximum absolute atomic E-state index is 12.9. The van der Waals surface area contributed by atoms with E-state index in [4.69, 9.17) is 14.2 Å². The van der Waals surface area contributed by atoms with Crippen LogP contribution in [0.5, 0.6) is 17.2 Å². The van der Waals surface area contributed by atoms with Crippen molar-refractivity contribution in [2.45, 2.75) is 31.1 Å². The highest BCUT2D eigenvalue weighted by Crippen LogP contribution is 2.32. The van der Waals surface area contributed by atoms with Crippen molar-refractivity contribution in [3.8, 4) is 17.2 Å². The monoisotopic (exact) mass is 498 g/mol. The van der Waals surface area contributed by atoms with Gasteiger partial charge < -0.3 is 19.5 Å². The van der Waals surface area contributed by atoms with Crippen LogP contribution in [0.25, 0.3) is 0 Å². The highest BCUT2D eigenvalue weighted by Gasteiger charge is 2.20. The molecule has 0 aliphatic heterocycles. The summed E-state index contributed by atoms with van der Waals surface area (Å²) in [7, 11) is -0.970. The molecule has 0 bridgehead atoms. The van der Waals surface area contributed by atoms with Crippen LogP contribution in [0.1, 0.15) is 26.3 Å². The zero-order valence-electron chi connectivity index (χ0n) is 20.4. The Labute approximate surface area is 206 Å². The molecular formula is C26H30N2O6S. The summed E-state index contributed by atoms with van der Waals surface area (Å²) in [6.07, 6.45) is 0. The normalized spacial score (nSPS) is 11.5. The molecule has 0 saturated carbocycles. The van der Waals surface area contributed by atoms with Gasteiger partial charge in [0.05, 0.1) is 24.8 Å². The molecule has 0 radical (unpaired) electrons. The van der Waals surface area contributed by atoms with Crippen molar-refractivity contribution in [2.24, 2.45) is 0 Å². The molecule has 0 saturated heterocycles. The molecule has 1 amide bonds. The van der Waals surface area contributed by atoms with Crippen LogP contribution in [0.3, 0.4) is 0 Å². The average Bonchev–Trinajstić information content (AvgIpc) is 2.82. The van der Waals surface area contributed by atoms with E-state index >= 15 is 0 Å². The second-order valence-electron chi connectivity index (χ2n) is 8.78. The largest absolute Gasteiger partial charge is 0.497 e. The van der Waals surface area contributed by atoms with Crippen LogP contribution in [-0.4, -0.2) is 35.2 Å². The Morgan fingerprint density at radius 2 is 1.57 bits per heavy atom. The standard InChI is InChI=1S/C26H30N2O6S/c1-26(2,3)21-8-6-7-9-23(21)34-17-25(29)27-18-10-13-20(14-11-18)35(30,31)28-22-16-19(32-4)12-15-24(22)33-5/h6-16,28H,17H2,1-5H3,(H,27,29). The van der Waals surface area contributed by atoms with E-state index in [1.54, 1.807) is 12.1 Å². The van der Waals surface area contributed by atoms with E-state index < -0.39 is 10.0 Å². The lowest BCUT2D eigenvalue weighted by atomic mass is 9.86. The van der Waals surface area contributed by atoms with Gasteiger partial charge in [0.2, 0.25) is 0 Å². The maximum Gasteiger partial charge on any atom is 0.262 e. The minimum absolute atomic E-state index is 0.0238. The van der Waals surface area contributed by atoms with Crippen molar-refractivity contribution in [2.75, 3.05) is 30.9 Å². The quantitative estimate of drug-likeness (QED) is 0.439. The smallest absolute Gasteiger partial charge is 0.262 e. The number of carbonyl (C=O) groups is 1. The van der Waals surface area contributed by atoms with Crippen LogP contribution >= 0.6 is 0 Å². The van der Waals surface area contributed by atoms with Gasteiger partial charge in [-0.15, -0.1) is 0 Å². The van der Waals surface area contributed by atoms with Crippen LogP contribution in [0, 0.1) is 0 Å². The SMILES string of the molecule is COc1ccc(OC)c(NS(=O)(=O)c2ccc(NC(=O)COc3ccccc3C(C)(C)C)cc2)c1. The van der Waals surface area contributed by atoms with Gasteiger partial charge >= 0.3 is 0 Å². The maximum atomic E-state index is 12.9. The molecule has 186 valence electrons. The Balaban J connectivity index is 1.66. The predicted molar refractivity (Wildman–Crippen MR) is 136 cm³/mol. The van der Waals surface area contributed by atoms with Gasteiger partial charge in [0.1, 0.15) is 17.2 Å². The minimum Gasteiger partial charge on any atom is -0.497 e. The molecule has 0 aliphatic carbocycles. The second kappa shape index (κ2) is 10.7. The minimum atomic E-state index is -3.90. The molecule has 35 heavy (non-hydrogen) atoms. The van der Waals surface area contributed by atoms with Crippen molar-refractivity contribution in [1.29, 1.82) is 0 Å². The molecule has 0 aromatic heterocycles. The van der Waals surface area contributed by atoms with Gasteiger partial charge in [-0.25, -0.2) is 8.42 Å². The Kier molecular flexibility index (Phi) is 7.91. The number of sulfonamides is 1. The third-order valence-corrected chi connectivity index (χ3v) is 6.53. The summed E-state index contributed by atoms with van der Waals surface area (Å²) in [6.45, 7) is 6.04. The lowest BCUT2D eigenvalue weighted by molar-refractivity contribution is -0.118. The summed E-state index contributed by atoms with van der Waals surface area (Å²) in [6, 6.07) is 18.2. The number of hydrogen-bond acceptors (Lipinski definition) is 6. The molecule has 3 aromatic rings. The van der Waals surface area contributed by atoms with E-state index in [0.29, 0.717) is 22.9 Å². The lowest BCUT2D eigenvalue weighted by Crippen LogP contribution is -2.22. The van der Waals surface area contributed by atoms with Crippen LogP contribution in [0.15, 0.2) is 71.6 Å². The number of para-hydroxylation sites is 1. The fraction of sp³-hybridized carbons (Fsp3) is 0.269. The highest BCUT2D eigenvalue weighted by atomic mass is 32.2. The summed E-state index contributed by atoms with van der Waals surface area (Å²) in [4.78, 5) is 12.4. The Morgan fingerprint density at radius 3 is 2.20 bits per heavy atom. The van der Waals surface area contributed by atoms with E-state index in [-0.39, 0.29) is 28.5 Å². The first-order chi connectivity index (χ1) is 16.5. The van der Waals surface area contributed by atoms with Gasteiger partial charge in [-0.05, 0) is 53.4 Å². The van der Waals surface area contributed by atoms with Crippen molar-refractivity contribution >= 4 is 27.3 Å². The lowest BCUT2D eigenvalue weighted by Gasteiger charge is -2.22. The van der Waals surface area contributed by atoms with E-state index in [0.717, 1.165) is 5.56 Å². The Morgan fingerprint density at radius 1 is 0.886 bits per heavy atom. The Bertz CT molecular complexity index is 1280. The van der Waals surface area contributed by atoms with E-state index in [2.05, 4.69) is 30.8 Å². The highest BCUT2D eigenvalue weighted by molar-refractivity contribution is 7.92. The van der Waals surface area contributed by atoms with E-state index in [9.17, 15) is 13.2 Å². The fourth-order valence-corrected chi connectivity index (χ4v) is 4.43. The van der Waals surface area contributed by atoms with Gasteiger partial charge in [0, 0.05) is 11.8 Å². The number of methoxy groups -OCH3 is 2. The zero-order valence-corrected chi connectivity index (χ0v) is 21.2. The number of carbonyl (C=O) groups excluding carboxylic acids is 1. The first-order valence-corrected chi connectivity index (χ1v) is 12.4. The average molecular weight is 499 g/mol. The fourth-order valence-electron chi connectivity index (χ4n) is 3.37. The van der Waals surface area contributed by atoms with Crippen molar-refractivity contribution in [3.63, 3.8) is 0 Å². The number of benzene rings is 3. The molecule has 0 unspecified atom stereocenters. The van der Waals surface area contributed by atoms with Crippen LogP contribution in [-0.2, 0) is 20.2 Å². The van der Waals surface area contributed by atoms with Crippen molar-refractivity contribution in [1.82, 2.24) is 0 Å². The van der Waals surface area contributed by atoms with E-state index in [1.165, 1.54) is 44.6 Å². The summed E-state index contributed by atoms with van der Waals surface area (Å²) < 4.78 is 44.4. The van der Waals surface area contributed by atoms with Crippen molar-refractivity contribution in [3.05, 3.63) is 72.3 Å². The summed E-state index contributed by atoms with van der Waals surface area (Å²) >= 11 is 0. The van der Waals surface area contributed by atoms with Crippen LogP contribution in [0.2, 0.25) is 0 Å². The number of amides is 1. The van der Waals surface area contributed by atoms with Gasteiger partial charge in [-0.1, -0.05) is 39.0 Å². The van der Waals surface area contributed by atoms with Gasteiger partial charge in [0.25, 0.3) is 15.9 Å². The molecule has 0 spiro atoms. The predicted octanol–water partition coefficient (Wildman–Crippen LogP) is 4.82. The van der Waals surface area contributed by atoms with E-state index in [1.807, 2.05) is 24.3 Å². The number of ether oxygens (including phenoxy) is 3. The van der Waals surface area contributed by atoms with Gasteiger partial charge in [-0.2, -0.15) is 0 Å². The molecule has 3 aromatic carbocycles. The zero-order chi connectivity index (χ0) is 25.6. The first-order valence-electron chi connectivity index (χ1n) is 10.9. The molecule has 0 heterocycles. The Hall–Kier alpha value is -3.72. The summed E-state index contributed by atoms with van der Waals surface area (Å²) in [5.41, 5.74) is 1.57. The third-order valence-electron chi connectivity index (χ3n) is 5.15. The summed E-state index contributed by atoms with van der Waals surface area (Å²) in [5, 5.41) is 2.72. The number of rotatable bonds is 9. The van der Waals surface area contributed by atoms with Gasteiger partial charge in [-0.3, -0.25) is 9.52 Å². The van der Waals surface area contributed by atoms with Crippen molar-refractivity contribution < 1.29 is 27.4 Å². The topological polar surface area (TPSA) is 103 Å². The number of nitrogens with one attached hydrogen (secondary N) is 2. The molecular weight excluding hydrogens is 468 g/mol. The molecule has 0 aliphatic rings. The molecule has 9 heteroatoms. The molecule has 2 N–H and O–H groups in total. The molecule has 0 fully saturated rings. The first kappa shape index (κ1) is 25.9. The molecule has 0 atom stereocenters.